The molecule has 0 N–H and O–H groups in total. The maximum absolute atomic E-state index is 4.78. The normalized spacial score (nSPS) is 22.2. The number of rotatable bonds is 1. The van der Waals surface area contributed by atoms with Crippen LogP contribution in [0.3, 0.4) is 0 Å². The summed E-state index contributed by atoms with van der Waals surface area (Å²) >= 11 is 2.08. The van der Waals surface area contributed by atoms with Gasteiger partial charge < -0.3 is 4.90 Å². The first-order valence-electron chi connectivity index (χ1n) is 7.30. The second-order valence-corrected chi connectivity index (χ2v) is 8.06. The third kappa shape index (κ3) is 2.73. The van der Waals surface area contributed by atoms with Gasteiger partial charge in [-0.25, -0.2) is 9.97 Å². The first kappa shape index (κ1) is 13.2. The van der Waals surface area contributed by atoms with Gasteiger partial charge in [0.15, 0.2) is 0 Å². The maximum Gasteiger partial charge on any atom is 0.135 e. The molecule has 1 saturated heterocycles. The highest BCUT2D eigenvalue weighted by Crippen LogP contribution is 2.35. The van der Waals surface area contributed by atoms with Crippen LogP contribution in [0.25, 0.3) is 0 Å². The van der Waals surface area contributed by atoms with Gasteiger partial charge in [0.05, 0.1) is 0 Å². The van der Waals surface area contributed by atoms with Crippen molar-refractivity contribution in [1.29, 1.82) is 0 Å². The molecule has 1 fully saturated rings. The van der Waals surface area contributed by atoms with Gasteiger partial charge in [-0.2, -0.15) is 11.8 Å². The Hall–Kier alpha value is -0.770. The minimum absolute atomic E-state index is 0.332. The minimum Gasteiger partial charge on any atom is -0.354 e. The zero-order valence-corrected chi connectivity index (χ0v) is 13.0. The van der Waals surface area contributed by atoms with E-state index in [2.05, 4.69) is 35.5 Å². The van der Waals surface area contributed by atoms with Crippen molar-refractivity contribution in [2.45, 2.75) is 51.2 Å². The summed E-state index contributed by atoms with van der Waals surface area (Å²) in [6, 6.07) is 0. The highest BCUT2D eigenvalue weighted by Gasteiger charge is 2.30. The summed E-state index contributed by atoms with van der Waals surface area (Å²) in [5.41, 5.74) is 2.74. The lowest BCUT2D eigenvalue weighted by molar-refractivity contribution is 0.618. The molecule has 4 heteroatoms. The van der Waals surface area contributed by atoms with Crippen molar-refractivity contribution in [3.63, 3.8) is 0 Å². The van der Waals surface area contributed by atoms with Crippen LogP contribution < -0.4 is 4.90 Å². The number of nitrogens with zero attached hydrogens (tertiary/aromatic N) is 3. The highest BCUT2D eigenvalue weighted by atomic mass is 32.2. The van der Waals surface area contributed by atoms with E-state index >= 15 is 0 Å². The molecule has 0 saturated carbocycles. The molecule has 0 radical (unpaired) electrons. The zero-order chi connectivity index (χ0) is 13.5. The van der Waals surface area contributed by atoms with Crippen molar-refractivity contribution < 1.29 is 0 Å². The second kappa shape index (κ2) is 4.97. The van der Waals surface area contributed by atoms with Gasteiger partial charge in [-0.1, -0.05) is 0 Å². The van der Waals surface area contributed by atoms with Crippen molar-refractivity contribution >= 4 is 17.6 Å². The molecular formula is C15H23N3S. The quantitative estimate of drug-likeness (QED) is 0.789. The lowest BCUT2D eigenvalue weighted by atomic mass is 9.95. The molecule has 0 unspecified atom stereocenters. The van der Waals surface area contributed by atoms with Crippen LogP contribution in [-0.4, -0.2) is 33.6 Å². The van der Waals surface area contributed by atoms with Crippen molar-refractivity contribution in [2.24, 2.45) is 0 Å². The number of aryl methyl sites for hydroxylation is 2. The van der Waals surface area contributed by atoms with Crippen LogP contribution in [0, 0.1) is 6.92 Å². The average Bonchev–Trinajstić information content (AvgIpc) is 2.36. The second-order valence-electron chi connectivity index (χ2n) is 6.26. The predicted molar refractivity (Wildman–Crippen MR) is 82.2 cm³/mol. The van der Waals surface area contributed by atoms with Gasteiger partial charge in [-0.05, 0) is 46.5 Å². The third-order valence-electron chi connectivity index (χ3n) is 4.00. The van der Waals surface area contributed by atoms with Gasteiger partial charge in [0, 0.05) is 34.8 Å². The Morgan fingerprint density at radius 3 is 2.74 bits per heavy atom. The van der Waals surface area contributed by atoms with Crippen LogP contribution in [0.15, 0.2) is 0 Å². The van der Waals surface area contributed by atoms with Gasteiger partial charge in [0.2, 0.25) is 0 Å². The smallest absolute Gasteiger partial charge is 0.135 e. The fourth-order valence-electron chi connectivity index (χ4n) is 3.15. The van der Waals surface area contributed by atoms with Crippen LogP contribution in [0.5, 0.6) is 0 Å². The number of aromatic nitrogens is 2. The van der Waals surface area contributed by atoms with E-state index in [1.807, 2.05) is 6.92 Å². The van der Waals surface area contributed by atoms with E-state index in [1.165, 1.54) is 35.7 Å². The molecule has 104 valence electrons. The molecule has 1 aromatic heterocycles. The lowest BCUT2D eigenvalue weighted by Crippen LogP contribution is -2.44. The summed E-state index contributed by atoms with van der Waals surface area (Å²) in [5, 5.41) is 0. The van der Waals surface area contributed by atoms with Crippen LogP contribution >= 0.6 is 11.8 Å². The summed E-state index contributed by atoms with van der Waals surface area (Å²) in [4.78, 5) is 11.9. The van der Waals surface area contributed by atoms with E-state index in [0.717, 1.165) is 31.8 Å². The Morgan fingerprint density at radius 1 is 1.16 bits per heavy atom. The third-order valence-corrected chi connectivity index (χ3v) is 5.30. The molecule has 3 rings (SSSR count). The minimum atomic E-state index is 0.332. The Balaban J connectivity index is 1.97. The largest absolute Gasteiger partial charge is 0.354 e. The molecule has 1 aliphatic carbocycles. The van der Waals surface area contributed by atoms with E-state index in [1.54, 1.807) is 0 Å². The van der Waals surface area contributed by atoms with Gasteiger partial charge in [-0.15, -0.1) is 0 Å². The summed E-state index contributed by atoms with van der Waals surface area (Å²) in [5.74, 6) is 3.37. The van der Waals surface area contributed by atoms with E-state index in [4.69, 9.17) is 4.98 Å². The predicted octanol–water partition coefficient (Wildman–Crippen LogP) is 3.00. The van der Waals surface area contributed by atoms with Crippen molar-refractivity contribution in [1.82, 2.24) is 9.97 Å². The molecule has 1 aromatic rings. The Bertz CT molecular complexity index is 485. The van der Waals surface area contributed by atoms with Crippen molar-refractivity contribution in [2.75, 3.05) is 23.7 Å². The van der Waals surface area contributed by atoms with Crippen molar-refractivity contribution in [3.05, 3.63) is 17.1 Å². The number of fused-ring (bicyclic) bond motifs is 1. The van der Waals surface area contributed by atoms with Crippen LogP contribution in [0.2, 0.25) is 0 Å². The maximum atomic E-state index is 4.78. The van der Waals surface area contributed by atoms with E-state index < -0.39 is 0 Å². The first-order valence-corrected chi connectivity index (χ1v) is 8.29. The van der Waals surface area contributed by atoms with Crippen molar-refractivity contribution in [3.8, 4) is 0 Å². The molecule has 0 spiro atoms. The standard InChI is InChI=1S/C15H23N3S/c1-11-16-13-7-5-4-6-12(13)14(17-11)18-8-9-19-15(2,3)10-18/h4-10H2,1-3H3. The van der Waals surface area contributed by atoms with Crippen LogP contribution in [-0.2, 0) is 12.8 Å². The molecule has 3 nitrogen and oxygen atoms in total. The molecule has 19 heavy (non-hydrogen) atoms. The van der Waals surface area contributed by atoms with Gasteiger partial charge in [0.25, 0.3) is 0 Å². The average molecular weight is 277 g/mol. The monoisotopic (exact) mass is 277 g/mol. The summed E-state index contributed by atoms with van der Waals surface area (Å²) < 4.78 is 0.332. The lowest BCUT2D eigenvalue weighted by Gasteiger charge is -2.39. The number of anilines is 1. The molecule has 0 aromatic carbocycles. The first-order chi connectivity index (χ1) is 9.05. The SMILES string of the molecule is Cc1nc2c(c(N3CCSC(C)(C)C3)n1)CCCC2. The molecular weight excluding hydrogens is 254 g/mol. The summed E-state index contributed by atoms with van der Waals surface area (Å²) in [6.45, 7) is 8.93. The van der Waals surface area contributed by atoms with Gasteiger partial charge in [0.1, 0.15) is 11.6 Å². The summed E-state index contributed by atoms with van der Waals surface area (Å²) in [7, 11) is 0. The zero-order valence-electron chi connectivity index (χ0n) is 12.2. The molecule has 0 amide bonds. The Morgan fingerprint density at radius 2 is 1.95 bits per heavy atom. The highest BCUT2D eigenvalue weighted by molar-refractivity contribution is 8.00. The Labute approximate surface area is 120 Å². The van der Waals surface area contributed by atoms with Gasteiger partial charge in [-0.3, -0.25) is 0 Å². The number of thioether (sulfide) groups is 1. The topological polar surface area (TPSA) is 29.0 Å². The summed E-state index contributed by atoms with van der Waals surface area (Å²) in [6.07, 6.45) is 4.87. The number of hydrogen-bond acceptors (Lipinski definition) is 4. The fourth-order valence-corrected chi connectivity index (χ4v) is 4.26. The van der Waals surface area contributed by atoms with Crippen LogP contribution in [0.4, 0.5) is 5.82 Å². The van der Waals surface area contributed by atoms with E-state index in [9.17, 15) is 0 Å². The van der Waals surface area contributed by atoms with E-state index in [0.29, 0.717) is 4.75 Å². The van der Waals surface area contributed by atoms with E-state index in [-0.39, 0.29) is 0 Å². The number of hydrogen-bond donors (Lipinski definition) is 0. The Kier molecular flexibility index (Phi) is 3.46. The fraction of sp³-hybridized carbons (Fsp3) is 0.733. The molecule has 1 aliphatic heterocycles. The molecule has 2 heterocycles. The molecule has 0 atom stereocenters. The molecule has 0 bridgehead atoms. The van der Waals surface area contributed by atoms with Crippen LogP contribution in [0.1, 0.15) is 43.8 Å². The van der Waals surface area contributed by atoms with Gasteiger partial charge >= 0.3 is 0 Å². The molecule has 2 aliphatic rings.